The smallest absolute Gasteiger partial charge is 0.311 e. The first-order valence-electron chi connectivity index (χ1n) is 6.81. The SMILES string of the molecule is CCOC(=O)Cc1cnc(NS(=O)(=O)c2c(C)cc(Cl)cc2Cl)s1. The number of benzene rings is 1. The van der Waals surface area contributed by atoms with Crippen molar-refractivity contribution in [1.29, 1.82) is 0 Å². The van der Waals surface area contributed by atoms with Crippen LogP contribution in [0, 0.1) is 6.92 Å². The largest absolute Gasteiger partial charge is 0.466 e. The number of carbonyl (C=O) groups excluding carboxylic acids is 1. The zero-order valence-corrected chi connectivity index (χ0v) is 15.9. The highest BCUT2D eigenvalue weighted by Gasteiger charge is 2.23. The minimum atomic E-state index is -3.93. The molecule has 0 aliphatic rings. The number of rotatable bonds is 6. The molecule has 6 nitrogen and oxygen atoms in total. The third-order valence-electron chi connectivity index (χ3n) is 2.86. The van der Waals surface area contributed by atoms with E-state index in [4.69, 9.17) is 27.9 Å². The van der Waals surface area contributed by atoms with Crippen LogP contribution in [0.2, 0.25) is 10.0 Å². The quantitative estimate of drug-likeness (QED) is 0.736. The van der Waals surface area contributed by atoms with Crippen LogP contribution < -0.4 is 4.72 Å². The minimum Gasteiger partial charge on any atom is -0.466 e. The number of thiazole rings is 1. The Bertz CT molecular complexity index is 842. The zero-order chi connectivity index (χ0) is 17.9. The lowest BCUT2D eigenvalue weighted by Crippen LogP contribution is -2.14. The number of aromatic nitrogens is 1. The van der Waals surface area contributed by atoms with Crippen LogP contribution in [0.25, 0.3) is 0 Å². The molecule has 0 saturated heterocycles. The van der Waals surface area contributed by atoms with E-state index in [1.54, 1.807) is 13.8 Å². The van der Waals surface area contributed by atoms with E-state index in [9.17, 15) is 13.2 Å². The molecule has 0 bridgehead atoms. The number of sulfonamides is 1. The lowest BCUT2D eigenvalue weighted by atomic mass is 10.2. The molecule has 0 radical (unpaired) electrons. The maximum absolute atomic E-state index is 12.5. The summed E-state index contributed by atoms with van der Waals surface area (Å²) < 4.78 is 32.3. The van der Waals surface area contributed by atoms with Gasteiger partial charge in [0.1, 0.15) is 4.90 Å². The molecule has 24 heavy (non-hydrogen) atoms. The van der Waals surface area contributed by atoms with Gasteiger partial charge >= 0.3 is 5.97 Å². The average Bonchev–Trinajstić information content (AvgIpc) is 2.83. The second-order valence-corrected chi connectivity index (χ2v) is 8.33. The summed E-state index contributed by atoms with van der Waals surface area (Å²) in [5, 5.41) is 0.512. The molecule has 2 aromatic rings. The van der Waals surface area contributed by atoms with Crippen LogP contribution in [0.3, 0.4) is 0 Å². The number of esters is 1. The van der Waals surface area contributed by atoms with E-state index < -0.39 is 16.0 Å². The molecule has 1 heterocycles. The van der Waals surface area contributed by atoms with Crippen molar-refractivity contribution >= 4 is 55.7 Å². The fraction of sp³-hybridized carbons (Fsp3) is 0.286. The van der Waals surface area contributed by atoms with Gasteiger partial charge in [0.05, 0.1) is 18.1 Å². The molecule has 1 aromatic carbocycles. The number of anilines is 1. The number of halogens is 2. The Balaban J connectivity index is 2.22. The number of aryl methyl sites for hydroxylation is 1. The molecule has 0 fully saturated rings. The Hall–Kier alpha value is -1.35. The molecule has 0 spiro atoms. The first-order chi connectivity index (χ1) is 11.2. The number of nitrogens with one attached hydrogen (secondary N) is 1. The molecule has 0 atom stereocenters. The molecular weight excluding hydrogens is 395 g/mol. The molecule has 0 amide bonds. The van der Waals surface area contributed by atoms with Crippen molar-refractivity contribution in [1.82, 2.24) is 4.98 Å². The summed E-state index contributed by atoms with van der Waals surface area (Å²) >= 11 is 12.9. The summed E-state index contributed by atoms with van der Waals surface area (Å²) in [4.78, 5) is 15.9. The molecule has 0 unspecified atom stereocenters. The highest BCUT2D eigenvalue weighted by atomic mass is 35.5. The van der Waals surface area contributed by atoms with Crippen molar-refractivity contribution in [3.63, 3.8) is 0 Å². The van der Waals surface area contributed by atoms with Gasteiger partial charge in [-0.25, -0.2) is 13.4 Å². The Morgan fingerprint density at radius 3 is 2.71 bits per heavy atom. The van der Waals surface area contributed by atoms with Crippen molar-refractivity contribution in [3.8, 4) is 0 Å². The summed E-state index contributed by atoms with van der Waals surface area (Å²) in [5.74, 6) is -0.396. The molecular formula is C14H14Cl2N2O4S2. The van der Waals surface area contributed by atoms with E-state index in [0.717, 1.165) is 11.3 Å². The van der Waals surface area contributed by atoms with E-state index in [1.165, 1.54) is 18.3 Å². The van der Waals surface area contributed by atoms with Crippen LogP contribution in [-0.2, 0) is 26.0 Å². The summed E-state index contributed by atoms with van der Waals surface area (Å²) in [7, 11) is -3.93. The maximum atomic E-state index is 12.5. The minimum absolute atomic E-state index is 0.0239. The monoisotopic (exact) mass is 408 g/mol. The van der Waals surface area contributed by atoms with Gasteiger partial charge in [0.2, 0.25) is 0 Å². The van der Waals surface area contributed by atoms with E-state index in [-0.39, 0.29) is 28.1 Å². The molecule has 130 valence electrons. The van der Waals surface area contributed by atoms with Gasteiger partial charge in [0.15, 0.2) is 5.13 Å². The molecule has 0 aliphatic heterocycles. The lowest BCUT2D eigenvalue weighted by Gasteiger charge is -2.10. The Kier molecular flexibility index (Phi) is 6.08. The van der Waals surface area contributed by atoms with Crippen molar-refractivity contribution < 1.29 is 17.9 Å². The third-order valence-corrected chi connectivity index (χ3v) is 6.07. The molecule has 10 heteroatoms. The van der Waals surface area contributed by atoms with Gasteiger partial charge in [-0.3, -0.25) is 9.52 Å². The van der Waals surface area contributed by atoms with Gasteiger partial charge in [-0.05, 0) is 31.5 Å². The second-order valence-electron chi connectivity index (χ2n) is 4.75. The van der Waals surface area contributed by atoms with E-state index >= 15 is 0 Å². The van der Waals surface area contributed by atoms with Gasteiger partial charge in [-0.1, -0.05) is 23.2 Å². The van der Waals surface area contributed by atoms with E-state index in [2.05, 4.69) is 9.71 Å². The number of ether oxygens (including phenoxy) is 1. The van der Waals surface area contributed by atoms with E-state index in [1.807, 2.05) is 0 Å². The molecule has 2 rings (SSSR count). The molecule has 1 N–H and O–H groups in total. The highest BCUT2D eigenvalue weighted by molar-refractivity contribution is 7.93. The van der Waals surface area contributed by atoms with Crippen molar-refractivity contribution in [3.05, 3.63) is 38.8 Å². The zero-order valence-electron chi connectivity index (χ0n) is 12.8. The number of nitrogens with zero attached hydrogens (tertiary/aromatic N) is 1. The van der Waals surface area contributed by atoms with Crippen LogP contribution in [0.15, 0.2) is 23.2 Å². The van der Waals surface area contributed by atoms with Crippen LogP contribution in [0.5, 0.6) is 0 Å². The molecule has 0 aliphatic carbocycles. The normalized spacial score (nSPS) is 11.3. The van der Waals surface area contributed by atoms with Crippen molar-refractivity contribution in [2.75, 3.05) is 11.3 Å². The summed E-state index contributed by atoms with van der Waals surface area (Å²) in [5.41, 5.74) is 0.420. The van der Waals surface area contributed by atoms with Crippen LogP contribution in [-0.4, -0.2) is 26.0 Å². The fourth-order valence-corrected chi connectivity index (χ4v) is 5.21. The third kappa shape index (κ3) is 4.60. The summed E-state index contributed by atoms with van der Waals surface area (Å²) in [6.45, 7) is 3.59. The number of carbonyl (C=O) groups is 1. The average molecular weight is 409 g/mol. The molecule has 0 saturated carbocycles. The number of hydrogen-bond donors (Lipinski definition) is 1. The van der Waals surface area contributed by atoms with Crippen molar-refractivity contribution in [2.24, 2.45) is 0 Å². The Labute approximate surface area is 153 Å². The van der Waals surface area contributed by atoms with Gasteiger partial charge < -0.3 is 4.74 Å². The number of hydrogen-bond acceptors (Lipinski definition) is 6. The lowest BCUT2D eigenvalue weighted by molar-refractivity contribution is -0.142. The van der Waals surface area contributed by atoms with Gasteiger partial charge in [-0.2, -0.15) is 0 Å². The summed E-state index contributed by atoms with van der Waals surface area (Å²) in [6, 6.07) is 2.87. The Morgan fingerprint density at radius 2 is 2.08 bits per heavy atom. The van der Waals surface area contributed by atoms with Gasteiger partial charge in [-0.15, -0.1) is 11.3 Å². The van der Waals surface area contributed by atoms with E-state index in [0.29, 0.717) is 15.5 Å². The fourth-order valence-electron chi connectivity index (χ4n) is 1.99. The second kappa shape index (κ2) is 7.69. The van der Waals surface area contributed by atoms with Gasteiger partial charge in [0.25, 0.3) is 10.0 Å². The summed E-state index contributed by atoms with van der Waals surface area (Å²) in [6.07, 6.45) is 1.46. The topological polar surface area (TPSA) is 85.4 Å². The standard InChI is InChI=1S/C14H14Cl2N2O4S2/c1-3-22-12(19)6-10-7-17-14(23-10)18-24(20,21)13-8(2)4-9(15)5-11(13)16/h4-5,7H,3,6H2,1-2H3,(H,17,18). The first kappa shape index (κ1) is 19.0. The molecule has 1 aromatic heterocycles. The highest BCUT2D eigenvalue weighted by Crippen LogP contribution is 2.31. The van der Waals surface area contributed by atoms with Gasteiger partial charge in [0, 0.05) is 16.1 Å². The van der Waals surface area contributed by atoms with Crippen molar-refractivity contribution in [2.45, 2.75) is 25.2 Å². The Morgan fingerprint density at radius 1 is 1.38 bits per heavy atom. The predicted octanol–water partition coefficient (Wildman–Crippen LogP) is 3.66. The predicted molar refractivity (Wildman–Crippen MR) is 94.5 cm³/mol. The van der Waals surface area contributed by atoms with Crippen LogP contribution >= 0.6 is 34.5 Å². The maximum Gasteiger partial charge on any atom is 0.311 e. The van der Waals surface area contributed by atoms with Crippen LogP contribution in [0.1, 0.15) is 17.4 Å². The van der Waals surface area contributed by atoms with Crippen LogP contribution in [0.4, 0.5) is 5.13 Å². The first-order valence-corrected chi connectivity index (χ1v) is 9.87.